The number of hydrogen-bond donors (Lipinski definition) is 4. The summed E-state index contributed by atoms with van der Waals surface area (Å²) in [6.45, 7) is 0.941. The summed E-state index contributed by atoms with van der Waals surface area (Å²) in [7, 11) is 0. The normalized spacial score (nSPS) is 51.9. The zero-order chi connectivity index (χ0) is 24.6. The molecule has 7 aliphatic rings. The van der Waals surface area contributed by atoms with Crippen LogP contribution in [-0.2, 0) is 19.2 Å². The summed E-state index contributed by atoms with van der Waals surface area (Å²) in [6, 6.07) is -1.23. The van der Waals surface area contributed by atoms with Crippen LogP contribution in [0.5, 0.6) is 0 Å². The van der Waals surface area contributed by atoms with Gasteiger partial charge in [0, 0.05) is 13.1 Å². The van der Waals surface area contributed by atoms with Gasteiger partial charge in [0.1, 0.15) is 12.1 Å². The van der Waals surface area contributed by atoms with Crippen molar-refractivity contribution in [3.8, 4) is 0 Å². The zero-order valence-corrected chi connectivity index (χ0v) is 19.7. The predicted octanol–water partition coefficient (Wildman–Crippen LogP) is -1.43. The van der Waals surface area contributed by atoms with Crippen molar-refractivity contribution >= 4 is 23.6 Å². The summed E-state index contributed by atoms with van der Waals surface area (Å²) in [5.74, 6) is -1.22. The van der Waals surface area contributed by atoms with E-state index >= 15 is 0 Å². The molecule has 190 valence electrons. The Morgan fingerprint density at radius 3 is 1.49 bits per heavy atom. The van der Waals surface area contributed by atoms with Gasteiger partial charge in [-0.05, 0) is 79.4 Å². The van der Waals surface area contributed by atoms with Gasteiger partial charge in [0.2, 0.25) is 23.6 Å². The number of carbonyl (C=O) groups is 4. The van der Waals surface area contributed by atoms with Crippen molar-refractivity contribution < 1.29 is 29.4 Å². The first-order valence-electron chi connectivity index (χ1n) is 13.2. The first-order valence-corrected chi connectivity index (χ1v) is 13.2. The van der Waals surface area contributed by atoms with Crippen molar-refractivity contribution in [2.75, 3.05) is 13.1 Å². The molecule has 6 N–H and O–H groups in total. The molecule has 7 rings (SSSR count). The van der Waals surface area contributed by atoms with Crippen LogP contribution in [0, 0.1) is 47.3 Å². The number of nitrogens with two attached hydrogens (primary N) is 2. The summed E-state index contributed by atoms with van der Waals surface area (Å²) < 4.78 is 0. The molecule has 35 heavy (non-hydrogen) atoms. The van der Waals surface area contributed by atoms with Crippen molar-refractivity contribution in [3.05, 3.63) is 0 Å². The van der Waals surface area contributed by atoms with Crippen LogP contribution in [0.3, 0.4) is 0 Å². The number of hydrogen-bond acceptors (Lipinski definition) is 6. The highest BCUT2D eigenvalue weighted by molar-refractivity contribution is 5.88. The molecule has 2 saturated heterocycles. The minimum Gasteiger partial charge on any atom is -0.389 e. The average Bonchev–Trinajstić information content (AvgIpc) is 3.53. The highest BCUT2D eigenvalue weighted by Crippen LogP contribution is 2.88. The second-order valence-electron chi connectivity index (χ2n) is 12.5. The zero-order valence-electron chi connectivity index (χ0n) is 19.7. The fraction of sp³-hybridized carbons (Fsp3) is 0.840. The summed E-state index contributed by atoms with van der Waals surface area (Å²) in [6.07, 6.45) is 3.38. The fourth-order valence-electron chi connectivity index (χ4n) is 10.8. The van der Waals surface area contributed by atoms with E-state index in [1.807, 2.05) is 0 Å². The van der Waals surface area contributed by atoms with Crippen LogP contribution in [-0.4, -0.2) is 80.0 Å². The lowest BCUT2D eigenvalue weighted by molar-refractivity contribution is -0.221. The first kappa shape index (κ1) is 22.0. The van der Waals surface area contributed by atoms with Gasteiger partial charge in [-0.3, -0.25) is 19.2 Å². The molecule has 10 heteroatoms. The molecule has 2 bridgehead atoms. The molecule has 12 atom stereocenters. The van der Waals surface area contributed by atoms with E-state index in [9.17, 15) is 29.4 Å². The number of rotatable bonds is 6. The SMILES string of the molecule is NC(=O)[C@@H]1CCCN1C(=O)CC1(O)C2C3CC4C5C3C1C5C(O)(CC(=O)N1CCC[C@H]1C(N)=O)C42. The number of aliphatic hydroxyl groups is 2. The molecule has 0 aromatic carbocycles. The molecule has 2 aliphatic heterocycles. The molecule has 5 saturated carbocycles. The highest BCUT2D eigenvalue weighted by Gasteiger charge is 2.90. The van der Waals surface area contributed by atoms with Crippen LogP contribution in [0.4, 0.5) is 0 Å². The molecule has 4 amide bonds. The Kier molecular flexibility index (Phi) is 4.26. The summed E-state index contributed by atoms with van der Waals surface area (Å²) >= 11 is 0. The third kappa shape index (κ3) is 2.43. The molecule has 0 aromatic rings. The van der Waals surface area contributed by atoms with Gasteiger partial charge >= 0.3 is 0 Å². The largest absolute Gasteiger partial charge is 0.389 e. The topological polar surface area (TPSA) is 167 Å². The Morgan fingerprint density at radius 2 is 1.11 bits per heavy atom. The second kappa shape index (κ2) is 6.76. The van der Waals surface area contributed by atoms with E-state index in [4.69, 9.17) is 11.5 Å². The highest BCUT2D eigenvalue weighted by atomic mass is 16.3. The van der Waals surface area contributed by atoms with Crippen LogP contribution in [0.2, 0.25) is 0 Å². The summed E-state index contributed by atoms with van der Waals surface area (Å²) in [4.78, 5) is 53.4. The van der Waals surface area contributed by atoms with E-state index in [1.54, 1.807) is 0 Å². The van der Waals surface area contributed by atoms with Crippen molar-refractivity contribution in [2.24, 2.45) is 58.8 Å². The van der Waals surface area contributed by atoms with Gasteiger partial charge in [0.05, 0.1) is 24.0 Å². The van der Waals surface area contributed by atoms with E-state index in [2.05, 4.69) is 0 Å². The summed E-state index contributed by atoms with van der Waals surface area (Å²) in [5, 5.41) is 24.2. The smallest absolute Gasteiger partial charge is 0.240 e. The van der Waals surface area contributed by atoms with Crippen LogP contribution < -0.4 is 11.5 Å². The summed E-state index contributed by atoms with van der Waals surface area (Å²) in [5.41, 5.74) is 8.60. The number of carbonyl (C=O) groups excluding carboxylic acids is 4. The van der Waals surface area contributed by atoms with Gasteiger partial charge in [-0.25, -0.2) is 0 Å². The Morgan fingerprint density at radius 1 is 0.714 bits per heavy atom. The third-order valence-electron chi connectivity index (χ3n) is 11.5. The maximum Gasteiger partial charge on any atom is 0.240 e. The lowest BCUT2D eigenvalue weighted by Gasteiger charge is -2.57. The monoisotopic (exact) mass is 486 g/mol. The van der Waals surface area contributed by atoms with E-state index in [0.717, 1.165) is 19.3 Å². The average molecular weight is 487 g/mol. The van der Waals surface area contributed by atoms with E-state index in [0.29, 0.717) is 37.8 Å². The minimum absolute atomic E-state index is 0.0501. The fourth-order valence-corrected chi connectivity index (χ4v) is 10.8. The molecule has 10 nitrogen and oxygen atoms in total. The van der Waals surface area contributed by atoms with Gasteiger partial charge in [-0.1, -0.05) is 0 Å². The molecule has 5 aliphatic carbocycles. The second-order valence-corrected chi connectivity index (χ2v) is 12.5. The van der Waals surface area contributed by atoms with Gasteiger partial charge in [0.15, 0.2) is 0 Å². The van der Waals surface area contributed by atoms with Gasteiger partial charge in [-0.15, -0.1) is 0 Å². The number of nitrogens with zero attached hydrogens (tertiary/aromatic N) is 2. The van der Waals surface area contributed by atoms with Crippen molar-refractivity contribution in [1.29, 1.82) is 0 Å². The lowest BCUT2D eigenvalue weighted by atomic mass is 9.50. The minimum atomic E-state index is -1.22. The van der Waals surface area contributed by atoms with E-state index < -0.39 is 35.1 Å². The number of primary amides is 2. The molecule has 0 radical (unpaired) electrons. The Balaban J connectivity index is 1.15. The number of amides is 4. The van der Waals surface area contributed by atoms with Crippen molar-refractivity contribution in [1.82, 2.24) is 9.80 Å². The molecular weight excluding hydrogens is 452 g/mol. The van der Waals surface area contributed by atoms with Crippen LogP contribution >= 0.6 is 0 Å². The molecule has 0 aromatic heterocycles. The maximum absolute atomic E-state index is 13.3. The molecular formula is C25H34N4O6. The quantitative estimate of drug-likeness (QED) is 0.359. The first-order chi connectivity index (χ1) is 16.6. The molecule has 2 heterocycles. The predicted molar refractivity (Wildman–Crippen MR) is 120 cm³/mol. The van der Waals surface area contributed by atoms with Crippen LogP contribution in [0.1, 0.15) is 44.9 Å². The maximum atomic E-state index is 13.3. The lowest BCUT2D eigenvalue weighted by Crippen LogP contribution is -2.66. The van der Waals surface area contributed by atoms with E-state index in [1.165, 1.54) is 9.80 Å². The number of likely N-dealkylation sites (tertiary alicyclic amines) is 2. The molecule has 10 unspecified atom stereocenters. The number of fused-ring (bicyclic) bond motifs is 2. The standard InChI is InChI=1S/C25H34N4O6/c26-22(32)12-3-1-5-28(12)14(30)8-24(34)18-10-7-11-17-16(10)20(24)21(17)25(35,19(11)18)9-15(31)29-6-2-4-13(29)23(27)33/h10-13,16-21,34-35H,1-9H2,(H2,26,32)(H2,27,33)/t10?,11?,12-,13-,16?,17?,18?,19?,20?,21?,24?,25?/m0/s1. The van der Waals surface area contributed by atoms with Crippen LogP contribution in [0.25, 0.3) is 0 Å². The van der Waals surface area contributed by atoms with Crippen molar-refractivity contribution in [3.63, 3.8) is 0 Å². The molecule has 0 spiro atoms. The Labute approximate surface area is 203 Å². The Hall–Kier alpha value is -2.20. The van der Waals surface area contributed by atoms with Crippen molar-refractivity contribution in [2.45, 2.75) is 68.2 Å². The third-order valence-corrected chi connectivity index (χ3v) is 11.5. The van der Waals surface area contributed by atoms with Gasteiger partial charge in [-0.2, -0.15) is 0 Å². The van der Waals surface area contributed by atoms with E-state index in [-0.39, 0.29) is 60.2 Å². The van der Waals surface area contributed by atoms with Gasteiger partial charge < -0.3 is 31.5 Å². The molecule has 7 fully saturated rings. The Bertz CT molecular complexity index is 967. The van der Waals surface area contributed by atoms with Crippen LogP contribution in [0.15, 0.2) is 0 Å². The van der Waals surface area contributed by atoms with Gasteiger partial charge in [0.25, 0.3) is 0 Å².